The molecule has 1 unspecified atom stereocenters. The van der Waals surface area contributed by atoms with E-state index in [9.17, 15) is 0 Å². The highest BCUT2D eigenvalue weighted by molar-refractivity contribution is 7.12. The van der Waals surface area contributed by atoms with E-state index in [1.807, 2.05) is 11.3 Å². The Morgan fingerprint density at radius 1 is 1.43 bits per heavy atom. The highest BCUT2D eigenvalue weighted by Crippen LogP contribution is 2.34. The minimum atomic E-state index is 0.634. The Labute approximate surface area is 90.3 Å². The molecule has 0 saturated carbocycles. The zero-order valence-corrected chi connectivity index (χ0v) is 9.70. The van der Waals surface area contributed by atoms with Crippen LogP contribution in [0.2, 0.25) is 0 Å². The van der Waals surface area contributed by atoms with Gasteiger partial charge in [0, 0.05) is 9.75 Å². The van der Waals surface area contributed by atoms with Crippen LogP contribution in [-0.4, -0.2) is 6.54 Å². The predicted octanol–water partition coefficient (Wildman–Crippen LogP) is 3.22. The molecule has 0 spiro atoms. The van der Waals surface area contributed by atoms with Gasteiger partial charge in [-0.3, -0.25) is 0 Å². The molecule has 0 radical (unpaired) electrons. The molecule has 1 aliphatic carbocycles. The fraction of sp³-hybridized carbons (Fsp3) is 0.667. The lowest BCUT2D eigenvalue weighted by molar-refractivity contribution is 0.543. The highest BCUT2D eigenvalue weighted by Gasteiger charge is 2.18. The van der Waals surface area contributed by atoms with Crippen LogP contribution in [0.25, 0.3) is 0 Å². The van der Waals surface area contributed by atoms with Crippen LogP contribution in [0, 0.1) is 6.92 Å². The van der Waals surface area contributed by atoms with Gasteiger partial charge in [0.05, 0.1) is 0 Å². The quantitative estimate of drug-likeness (QED) is 0.755. The van der Waals surface area contributed by atoms with Crippen LogP contribution >= 0.6 is 11.3 Å². The van der Waals surface area contributed by atoms with Crippen LogP contribution < -0.4 is 5.73 Å². The second kappa shape index (κ2) is 4.45. The van der Waals surface area contributed by atoms with Crippen molar-refractivity contribution >= 4 is 11.3 Å². The molecule has 1 aromatic heterocycles. The first-order chi connectivity index (χ1) is 6.81. The Morgan fingerprint density at radius 3 is 3.07 bits per heavy atom. The minimum absolute atomic E-state index is 0.634. The first kappa shape index (κ1) is 10.2. The first-order valence-corrected chi connectivity index (χ1v) is 6.42. The number of thiophene rings is 1. The summed E-state index contributed by atoms with van der Waals surface area (Å²) >= 11 is 1.98. The van der Waals surface area contributed by atoms with Gasteiger partial charge >= 0.3 is 0 Å². The van der Waals surface area contributed by atoms with Gasteiger partial charge in [0.15, 0.2) is 0 Å². The fourth-order valence-corrected chi connectivity index (χ4v) is 3.54. The van der Waals surface area contributed by atoms with Gasteiger partial charge in [-0.1, -0.05) is 12.8 Å². The lowest BCUT2D eigenvalue weighted by atomic mass is 9.89. The summed E-state index contributed by atoms with van der Waals surface area (Å²) in [5.74, 6) is 0.634. The van der Waals surface area contributed by atoms with Crippen LogP contribution in [0.3, 0.4) is 0 Å². The molecule has 0 saturated heterocycles. The molecule has 0 bridgehead atoms. The minimum Gasteiger partial charge on any atom is -0.330 e. The number of hydrogen-bond donors (Lipinski definition) is 1. The fourth-order valence-electron chi connectivity index (χ4n) is 2.38. The van der Waals surface area contributed by atoms with Gasteiger partial charge in [0.25, 0.3) is 0 Å². The summed E-state index contributed by atoms with van der Waals surface area (Å²) < 4.78 is 0. The van der Waals surface area contributed by atoms with Crippen molar-refractivity contribution in [1.29, 1.82) is 0 Å². The maximum absolute atomic E-state index is 5.85. The number of fused-ring (bicyclic) bond motifs is 1. The van der Waals surface area contributed by atoms with Crippen molar-refractivity contribution in [3.63, 3.8) is 0 Å². The van der Waals surface area contributed by atoms with Crippen LogP contribution in [0.15, 0.2) is 6.07 Å². The largest absolute Gasteiger partial charge is 0.330 e. The van der Waals surface area contributed by atoms with E-state index in [2.05, 4.69) is 13.0 Å². The Balaban J connectivity index is 2.30. The molecule has 2 heteroatoms. The zero-order chi connectivity index (χ0) is 9.97. The van der Waals surface area contributed by atoms with Crippen LogP contribution in [0.1, 0.15) is 46.9 Å². The van der Waals surface area contributed by atoms with E-state index in [0.29, 0.717) is 5.92 Å². The summed E-state index contributed by atoms with van der Waals surface area (Å²) in [7, 11) is 0. The number of aryl methyl sites for hydroxylation is 2. The summed E-state index contributed by atoms with van der Waals surface area (Å²) in [5.41, 5.74) is 7.42. The second-order valence-electron chi connectivity index (χ2n) is 4.27. The molecule has 0 aromatic carbocycles. The van der Waals surface area contributed by atoms with Crippen LogP contribution in [-0.2, 0) is 6.42 Å². The first-order valence-electron chi connectivity index (χ1n) is 5.60. The van der Waals surface area contributed by atoms with Crippen LogP contribution in [0.4, 0.5) is 0 Å². The Kier molecular flexibility index (Phi) is 3.24. The molecule has 1 nitrogen and oxygen atoms in total. The zero-order valence-electron chi connectivity index (χ0n) is 8.88. The number of nitrogens with two attached hydrogens (primary N) is 1. The van der Waals surface area contributed by atoms with Crippen molar-refractivity contribution in [2.45, 2.75) is 44.9 Å². The normalized spacial score (nSPS) is 22.6. The molecule has 14 heavy (non-hydrogen) atoms. The summed E-state index contributed by atoms with van der Waals surface area (Å²) in [4.78, 5) is 3.06. The maximum atomic E-state index is 5.85. The highest BCUT2D eigenvalue weighted by atomic mass is 32.1. The third-order valence-corrected chi connectivity index (χ3v) is 4.27. The third-order valence-electron chi connectivity index (χ3n) is 3.15. The lowest BCUT2D eigenvalue weighted by Gasteiger charge is -2.18. The molecular formula is C12H19NS. The molecular weight excluding hydrogens is 190 g/mol. The van der Waals surface area contributed by atoms with Crippen molar-refractivity contribution < 1.29 is 0 Å². The molecule has 1 heterocycles. The number of rotatable bonds is 1. The SMILES string of the molecule is Cc1cc2c(s1)CCCCCC2CN. The van der Waals surface area contributed by atoms with Crippen molar-refractivity contribution in [1.82, 2.24) is 0 Å². The molecule has 78 valence electrons. The Bertz CT molecular complexity index is 303. The standard InChI is InChI=1S/C12H19NS/c1-9-7-11-10(8-13)5-3-2-4-6-12(11)14-9/h7,10H,2-6,8,13H2,1H3. The average molecular weight is 209 g/mol. The van der Waals surface area contributed by atoms with Crippen molar-refractivity contribution in [2.75, 3.05) is 6.54 Å². The molecule has 2 rings (SSSR count). The number of hydrogen-bond acceptors (Lipinski definition) is 2. The molecule has 0 fully saturated rings. The molecule has 0 aliphatic heterocycles. The summed E-state index contributed by atoms with van der Waals surface area (Å²) in [6.45, 7) is 3.03. The topological polar surface area (TPSA) is 26.0 Å². The van der Waals surface area contributed by atoms with E-state index >= 15 is 0 Å². The summed E-state index contributed by atoms with van der Waals surface area (Å²) in [6, 6.07) is 2.36. The third kappa shape index (κ3) is 2.01. The van der Waals surface area contributed by atoms with Crippen molar-refractivity contribution in [2.24, 2.45) is 5.73 Å². The van der Waals surface area contributed by atoms with E-state index in [4.69, 9.17) is 5.73 Å². The van der Waals surface area contributed by atoms with E-state index in [1.54, 1.807) is 10.4 Å². The Morgan fingerprint density at radius 2 is 2.29 bits per heavy atom. The van der Waals surface area contributed by atoms with Crippen molar-refractivity contribution in [3.8, 4) is 0 Å². The van der Waals surface area contributed by atoms with Gasteiger partial charge in [0.1, 0.15) is 0 Å². The second-order valence-corrected chi connectivity index (χ2v) is 5.61. The van der Waals surface area contributed by atoms with Gasteiger partial charge in [-0.05, 0) is 50.3 Å². The summed E-state index contributed by atoms with van der Waals surface area (Å²) in [5, 5.41) is 0. The Hall–Kier alpha value is -0.340. The van der Waals surface area contributed by atoms with Gasteiger partial charge in [-0.2, -0.15) is 0 Å². The maximum Gasteiger partial charge on any atom is 0.00833 e. The van der Waals surface area contributed by atoms with Gasteiger partial charge in [-0.25, -0.2) is 0 Å². The van der Waals surface area contributed by atoms with E-state index in [-0.39, 0.29) is 0 Å². The molecule has 2 N–H and O–H groups in total. The summed E-state index contributed by atoms with van der Waals surface area (Å²) in [6.07, 6.45) is 6.68. The van der Waals surface area contributed by atoms with Gasteiger partial charge in [0.2, 0.25) is 0 Å². The van der Waals surface area contributed by atoms with Gasteiger partial charge in [-0.15, -0.1) is 11.3 Å². The van der Waals surface area contributed by atoms with Crippen molar-refractivity contribution in [3.05, 3.63) is 21.4 Å². The molecule has 1 aromatic rings. The predicted molar refractivity (Wildman–Crippen MR) is 63.0 cm³/mol. The monoisotopic (exact) mass is 209 g/mol. The van der Waals surface area contributed by atoms with E-state index < -0.39 is 0 Å². The average Bonchev–Trinajstić information content (AvgIpc) is 2.48. The lowest BCUT2D eigenvalue weighted by Crippen LogP contribution is -2.14. The van der Waals surface area contributed by atoms with E-state index in [0.717, 1.165) is 6.54 Å². The molecule has 0 amide bonds. The van der Waals surface area contributed by atoms with Crippen LogP contribution in [0.5, 0.6) is 0 Å². The molecule has 1 atom stereocenters. The van der Waals surface area contributed by atoms with E-state index in [1.165, 1.54) is 37.0 Å². The molecule has 1 aliphatic rings. The van der Waals surface area contributed by atoms with Gasteiger partial charge < -0.3 is 5.73 Å². The smallest absolute Gasteiger partial charge is 0.00833 e.